The molecule has 0 saturated carbocycles. The fourth-order valence-corrected chi connectivity index (χ4v) is 3.26. The highest BCUT2D eigenvalue weighted by molar-refractivity contribution is 5.89. The van der Waals surface area contributed by atoms with Crippen LogP contribution in [0.4, 0.5) is 0 Å². The van der Waals surface area contributed by atoms with Gasteiger partial charge in [0.15, 0.2) is 0 Å². The van der Waals surface area contributed by atoms with E-state index in [0.29, 0.717) is 38.6 Å². The first-order valence-electron chi connectivity index (χ1n) is 12.3. The van der Waals surface area contributed by atoms with E-state index in [1.165, 1.54) is 64.2 Å². The molecule has 0 aliphatic rings. The molecule has 1 aromatic rings. The van der Waals surface area contributed by atoms with E-state index >= 15 is 0 Å². The summed E-state index contributed by atoms with van der Waals surface area (Å²) in [6.45, 7) is 5.94. The molecule has 0 spiro atoms. The summed E-state index contributed by atoms with van der Waals surface area (Å²) in [5, 5.41) is 0. The third-order valence-corrected chi connectivity index (χ3v) is 5.11. The van der Waals surface area contributed by atoms with Gasteiger partial charge in [0, 0.05) is 6.61 Å². The van der Waals surface area contributed by atoms with Gasteiger partial charge in [-0.25, -0.2) is 4.79 Å². The lowest BCUT2D eigenvalue weighted by Gasteiger charge is -2.08. The highest BCUT2D eigenvalue weighted by Crippen LogP contribution is 2.11. The average Bonchev–Trinajstić information content (AvgIpc) is 2.80. The summed E-state index contributed by atoms with van der Waals surface area (Å²) in [4.78, 5) is 11.7. The van der Waals surface area contributed by atoms with E-state index in [4.69, 9.17) is 18.9 Å². The number of esters is 1. The second-order valence-corrected chi connectivity index (χ2v) is 7.87. The lowest BCUT2D eigenvalue weighted by atomic mass is 10.1. The van der Waals surface area contributed by atoms with Crippen LogP contribution in [-0.2, 0) is 18.9 Å². The van der Waals surface area contributed by atoms with E-state index in [2.05, 4.69) is 6.92 Å². The molecule has 5 heteroatoms. The van der Waals surface area contributed by atoms with E-state index in [-0.39, 0.29) is 12.6 Å². The lowest BCUT2D eigenvalue weighted by Crippen LogP contribution is -2.14. The van der Waals surface area contributed by atoms with Crippen molar-refractivity contribution in [1.29, 1.82) is 0 Å². The Kier molecular flexibility index (Phi) is 19.4. The van der Waals surface area contributed by atoms with E-state index in [1.54, 1.807) is 12.1 Å². The minimum Gasteiger partial charge on any atom is -0.460 e. The largest absolute Gasteiger partial charge is 0.460 e. The molecular formula is C26H44O5. The number of carbonyl (C=O) groups is 1. The Hall–Kier alpha value is -1.43. The molecule has 0 unspecified atom stereocenters. The predicted octanol–water partition coefficient (Wildman–Crippen LogP) is 6.20. The molecule has 1 rings (SSSR count). The first kappa shape index (κ1) is 27.6. The summed E-state index contributed by atoms with van der Waals surface area (Å²) in [5.41, 5.74) is 0.555. The van der Waals surface area contributed by atoms with Crippen molar-refractivity contribution in [1.82, 2.24) is 0 Å². The number of hydrogen-bond donors (Lipinski definition) is 0. The van der Waals surface area contributed by atoms with Crippen LogP contribution < -0.4 is 0 Å². The average molecular weight is 437 g/mol. The van der Waals surface area contributed by atoms with Crippen LogP contribution in [0, 0.1) is 0 Å². The van der Waals surface area contributed by atoms with Gasteiger partial charge in [0.1, 0.15) is 6.61 Å². The number of hydrogen-bond acceptors (Lipinski definition) is 5. The van der Waals surface area contributed by atoms with Crippen LogP contribution in [0.5, 0.6) is 0 Å². The highest BCUT2D eigenvalue weighted by atomic mass is 16.6. The highest BCUT2D eigenvalue weighted by Gasteiger charge is 2.04. The van der Waals surface area contributed by atoms with Crippen molar-refractivity contribution >= 4 is 5.97 Å². The number of rotatable bonds is 22. The van der Waals surface area contributed by atoms with Crippen LogP contribution in [0.2, 0.25) is 0 Å². The van der Waals surface area contributed by atoms with Gasteiger partial charge in [-0.15, -0.1) is 0 Å². The van der Waals surface area contributed by atoms with Crippen LogP contribution in [0.3, 0.4) is 0 Å². The monoisotopic (exact) mass is 436 g/mol. The maximum atomic E-state index is 11.7. The maximum absolute atomic E-state index is 11.7. The minimum absolute atomic E-state index is 0.246. The van der Waals surface area contributed by atoms with Crippen LogP contribution in [0.25, 0.3) is 0 Å². The molecule has 0 atom stereocenters. The van der Waals surface area contributed by atoms with Crippen molar-refractivity contribution in [3.05, 3.63) is 35.9 Å². The molecule has 5 nitrogen and oxygen atoms in total. The molecule has 0 aliphatic heterocycles. The number of unbranched alkanes of at least 4 members (excludes halogenated alkanes) is 10. The molecular weight excluding hydrogens is 392 g/mol. The molecule has 0 saturated heterocycles. The van der Waals surface area contributed by atoms with Gasteiger partial charge in [-0.3, -0.25) is 0 Å². The Bertz CT molecular complexity index is 506. The van der Waals surface area contributed by atoms with Gasteiger partial charge < -0.3 is 18.9 Å². The van der Waals surface area contributed by atoms with Gasteiger partial charge in [0.2, 0.25) is 0 Å². The third-order valence-electron chi connectivity index (χ3n) is 5.11. The summed E-state index contributed by atoms with van der Waals surface area (Å²) in [5.74, 6) is -0.324. The van der Waals surface area contributed by atoms with E-state index in [1.807, 2.05) is 18.2 Å². The molecule has 0 N–H and O–H groups in total. The maximum Gasteiger partial charge on any atom is 0.338 e. The standard InChI is InChI=1S/C26H44O5/c1-2-3-4-5-6-7-8-9-10-11-15-18-28-19-20-29-21-22-30-23-24-31-26(27)25-16-13-12-14-17-25/h12-14,16-17H,2-11,15,18-24H2,1H3. The number of ether oxygens (including phenoxy) is 4. The van der Waals surface area contributed by atoms with Crippen molar-refractivity contribution < 1.29 is 23.7 Å². The van der Waals surface area contributed by atoms with Crippen LogP contribution in [0.15, 0.2) is 30.3 Å². The summed E-state index contributed by atoms with van der Waals surface area (Å²) >= 11 is 0. The Balaban J connectivity index is 1.70. The van der Waals surface area contributed by atoms with E-state index in [0.717, 1.165) is 13.0 Å². The normalized spacial score (nSPS) is 11.0. The summed E-state index contributed by atoms with van der Waals surface area (Å²) in [6, 6.07) is 8.95. The summed E-state index contributed by atoms with van der Waals surface area (Å²) < 4.78 is 21.6. The van der Waals surface area contributed by atoms with E-state index < -0.39 is 0 Å². The van der Waals surface area contributed by atoms with Crippen molar-refractivity contribution in [2.75, 3.05) is 46.2 Å². The Morgan fingerprint density at radius 1 is 0.581 bits per heavy atom. The zero-order valence-electron chi connectivity index (χ0n) is 19.7. The third kappa shape index (κ3) is 17.9. The van der Waals surface area contributed by atoms with Gasteiger partial charge in [0.25, 0.3) is 0 Å². The van der Waals surface area contributed by atoms with E-state index in [9.17, 15) is 4.79 Å². The Labute approximate surface area is 189 Å². The smallest absolute Gasteiger partial charge is 0.338 e. The first-order valence-corrected chi connectivity index (χ1v) is 12.3. The zero-order valence-corrected chi connectivity index (χ0v) is 19.7. The molecule has 0 fully saturated rings. The number of benzene rings is 1. The second-order valence-electron chi connectivity index (χ2n) is 7.87. The molecule has 0 aliphatic carbocycles. The molecule has 0 radical (unpaired) electrons. The molecule has 0 amide bonds. The Morgan fingerprint density at radius 3 is 1.58 bits per heavy atom. The molecule has 178 valence electrons. The number of carbonyl (C=O) groups excluding carboxylic acids is 1. The van der Waals surface area contributed by atoms with Gasteiger partial charge in [-0.2, -0.15) is 0 Å². The van der Waals surface area contributed by atoms with Gasteiger partial charge >= 0.3 is 5.97 Å². The predicted molar refractivity (Wildman–Crippen MR) is 126 cm³/mol. The van der Waals surface area contributed by atoms with Crippen molar-refractivity contribution in [3.8, 4) is 0 Å². The minimum atomic E-state index is -0.324. The fraction of sp³-hybridized carbons (Fsp3) is 0.731. The van der Waals surface area contributed by atoms with Crippen LogP contribution in [0.1, 0.15) is 87.9 Å². The topological polar surface area (TPSA) is 54.0 Å². The Morgan fingerprint density at radius 2 is 1.03 bits per heavy atom. The molecule has 31 heavy (non-hydrogen) atoms. The summed E-state index contributed by atoms with van der Waals surface area (Å²) in [6.07, 6.45) is 14.9. The van der Waals surface area contributed by atoms with Gasteiger partial charge in [0.05, 0.1) is 38.6 Å². The quantitative estimate of drug-likeness (QED) is 0.160. The van der Waals surface area contributed by atoms with Crippen LogP contribution in [-0.4, -0.2) is 52.2 Å². The zero-order chi connectivity index (χ0) is 22.2. The SMILES string of the molecule is CCCCCCCCCCCCCOCCOCCOCCOC(=O)c1ccccc1. The fourth-order valence-electron chi connectivity index (χ4n) is 3.26. The van der Waals surface area contributed by atoms with Crippen LogP contribution >= 0.6 is 0 Å². The molecule has 0 aromatic heterocycles. The van der Waals surface area contributed by atoms with Crippen molar-refractivity contribution in [2.24, 2.45) is 0 Å². The second kappa shape index (κ2) is 21.8. The summed E-state index contributed by atoms with van der Waals surface area (Å²) in [7, 11) is 0. The molecule has 0 bridgehead atoms. The molecule has 1 aromatic carbocycles. The first-order chi connectivity index (χ1) is 15.3. The van der Waals surface area contributed by atoms with Gasteiger partial charge in [-0.1, -0.05) is 89.3 Å². The van der Waals surface area contributed by atoms with Crippen molar-refractivity contribution in [3.63, 3.8) is 0 Å². The molecule has 0 heterocycles. The lowest BCUT2D eigenvalue weighted by molar-refractivity contribution is 0.000184. The van der Waals surface area contributed by atoms with Gasteiger partial charge in [-0.05, 0) is 18.6 Å². The van der Waals surface area contributed by atoms with Crippen molar-refractivity contribution in [2.45, 2.75) is 77.6 Å².